The monoisotopic (exact) mass is 353 g/mol. The van der Waals surface area contributed by atoms with Crippen molar-refractivity contribution in [2.75, 3.05) is 7.11 Å². The fraction of sp³-hybridized carbons (Fsp3) is 0.500. The van der Waals surface area contributed by atoms with E-state index in [-0.39, 0.29) is 23.0 Å². The molecule has 1 fully saturated rings. The lowest BCUT2D eigenvalue weighted by Gasteiger charge is -2.41. The number of esters is 1. The summed E-state index contributed by atoms with van der Waals surface area (Å²) < 4.78 is 5.04. The summed E-state index contributed by atoms with van der Waals surface area (Å²) in [5.41, 5.74) is 4.20. The number of benzene rings is 1. The molecule has 3 rings (SSSR count). The zero-order valence-corrected chi connectivity index (χ0v) is 16.3. The zero-order chi connectivity index (χ0) is 19.1. The van der Waals surface area contributed by atoms with E-state index in [1.54, 1.807) is 0 Å². The summed E-state index contributed by atoms with van der Waals surface area (Å²) in [6.07, 6.45) is 2.24. The van der Waals surface area contributed by atoms with Gasteiger partial charge in [0.15, 0.2) is 0 Å². The van der Waals surface area contributed by atoms with Gasteiger partial charge >= 0.3 is 5.97 Å². The Morgan fingerprint density at radius 1 is 1.19 bits per heavy atom. The summed E-state index contributed by atoms with van der Waals surface area (Å²) in [5, 5.41) is 0. The number of fused-ring (bicyclic) bond motifs is 1. The van der Waals surface area contributed by atoms with E-state index in [1.807, 2.05) is 19.1 Å². The number of aryl methyl sites for hydroxylation is 1. The molecule has 4 heteroatoms. The topological polar surface area (TPSA) is 55.7 Å². The second-order valence-electron chi connectivity index (χ2n) is 8.13. The van der Waals surface area contributed by atoms with Crippen molar-refractivity contribution in [2.24, 2.45) is 16.3 Å². The summed E-state index contributed by atoms with van der Waals surface area (Å²) in [5.74, 6) is -0.913. The van der Waals surface area contributed by atoms with Gasteiger partial charge in [0.25, 0.3) is 0 Å². The van der Waals surface area contributed by atoms with E-state index in [2.05, 4.69) is 37.9 Å². The van der Waals surface area contributed by atoms with Gasteiger partial charge in [-0.2, -0.15) is 0 Å². The first-order chi connectivity index (χ1) is 12.3. The van der Waals surface area contributed by atoms with Gasteiger partial charge in [0.1, 0.15) is 5.78 Å². The Labute approximate surface area is 155 Å². The summed E-state index contributed by atoms with van der Waals surface area (Å²) in [6.45, 7) is 8.15. The van der Waals surface area contributed by atoms with Crippen LogP contribution in [0.2, 0.25) is 0 Å². The molecule has 1 saturated carbocycles. The first kappa shape index (κ1) is 18.6. The number of rotatable bonds is 3. The van der Waals surface area contributed by atoms with Crippen LogP contribution in [0.25, 0.3) is 0 Å². The van der Waals surface area contributed by atoms with Crippen molar-refractivity contribution in [1.29, 1.82) is 0 Å². The highest BCUT2D eigenvalue weighted by atomic mass is 16.5. The first-order valence-electron chi connectivity index (χ1n) is 9.25. The Morgan fingerprint density at radius 3 is 2.42 bits per heavy atom. The number of Topliss-reactive ketones (excluding diaryl/α,β-unsaturated/α-hetero) is 1. The van der Waals surface area contributed by atoms with Crippen molar-refractivity contribution < 1.29 is 14.3 Å². The van der Waals surface area contributed by atoms with E-state index >= 15 is 0 Å². The van der Waals surface area contributed by atoms with Gasteiger partial charge in [-0.1, -0.05) is 45.0 Å². The molecule has 26 heavy (non-hydrogen) atoms. The highest BCUT2D eigenvalue weighted by molar-refractivity contribution is 6.12. The fourth-order valence-corrected chi connectivity index (χ4v) is 4.29. The van der Waals surface area contributed by atoms with Crippen molar-refractivity contribution in [3.8, 4) is 0 Å². The van der Waals surface area contributed by atoms with Gasteiger partial charge in [0, 0.05) is 23.7 Å². The lowest BCUT2D eigenvalue weighted by atomic mass is 9.63. The smallest absolute Gasteiger partial charge is 0.336 e. The third kappa shape index (κ3) is 3.25. The number of hydrogen-bond donors (Lipinski definition) is 0. The lowest BCUT2D eigenvalue weighted by Crippen LogP contribution is -2.44. The first-order valence-corrected chi connectivity index (χ1v) is 9.25. The van der Waals surface area contributed by atoms with Gasteiger partial charge in [0.2, 0.25) is 0 Å². The van der Waals surface area contributed by atoms with Gasteiger partial charge in [-0.05, 0) is 36.3 Å². The third-order valence-electron chi connectivity index (χ3n) is 5.52. The molecule has 0 spiro atoms. The van der Waals surface area contributed by atoms with Crippen LogP contribution in [0.4, 0.5) is 0 Å². The maximum atomic E-state index is 13.1. The molecule has 0 saturated heterocycles. The van der Waals surface area contributed by atoms with Crippen LogP contribution < -0.4 is 0 Å². The number of ether oxygens (including phenoxy) is 1. The van der Waals surface area contributed by atoms with Crippen LogP contribution in [0.5, 0.6) is 0 Å². The molecule has 1 aromatic rings. The van der Waals surface area contributed by atoms with Gasteiger partial charge in [-0.3, -0.25) is 9.79 Å². The Balaban J connectivity index is 2.15. The van der Waals surface area contributed by atoms with Crippen LogP contribution in [-0.4, -0.2) is 24.6 Å². The Morgan fingerprint density at radius 2 is 1.85 bits per heavy atom. The highest BCUT2D eigenvalue weighted by Gasteiger charge is 2.47. The van der Waals surface area contributed by atoms with Gasteiger partial charge in [-0.15, -0.1) is 0 Å². The molecule has 2 aliphatic rings. The number of methoxy groups -OCH3 is 1. The molecule has 1 aliphatic heterocycles. The second kappa shape index (κ2) is 6.82. The third-order valence-corrected chi connectivity index (χ3v) is 5.52. The molecular weight excluding hydrogens is 326 g/mol. The fourth-order valence-electron chi connectivity index (χ4n) is 4.29. The molecule has 0 radical (unpaired) electrons. The van der Waals surface area contributed by atoms with E-state index in [9.17, 15) is 9.59 Å². The van der Waals surface area contributed by atoms with Crippen LogP contribution in [-0.2, 0) is 20.7 Å². The van der Waals surface area contributed by atoms with E-state index < -0.39 is 5.97 Å². The molecule has 2 unspecified atom stereocenters. The largest absolute Gasteiger partial charge is 0.466 e. The maximum Gasteiger partial charge on any atom is 0.336 e. The van der Waals surface area contributed by atoms with E-state index in [1.165, 1.54) is 12.7 Å². The van der Waals surface area contributed by atoms with Crippen molar-refractivity contribution in [1.82, 2.24) is 0 Å². The molecule has 1 aliphatic carbocycles. The minimum absolute atomic E-state index is 0.0912. The number of allylic oxidation sites excluding steroid dienone is 1. The molecule has 0 bridgehead atoms. The average molecular weight is 353 g/mol. The number of carbonyl (C=O) groups excluding carboxylic acids is 2. The van der Waals surface area contributed by atoms with Crippen molar-refractivity contribution >= 4 is 17.5 Å². The number of ketones is 1. The number of carbonyl (C=O) groups is 2. The standard InChI is InChI=1S/C22H27NO3/c1-6-14-7-9-15(10-8-14)19-18(21(25)26-5)13(2)23-16-11-22(3,4)12-17(24)20(16)19/h7-10,19-20H,6,11-12H2,1-5H3. The number of hydrogen-bond acceptors (Lipinski definition) is 4. The molecular formula is C22H27NO3. The zero-order valence-electron chi connectivity index (χ0n) is 16.3. The summed E-state index contributed by atoms with van der Waals surface area (Å²) in [6, 6.07) is 8.22. The van der Waals surface area contributed by atoms with Crippen LogP contribution in [0, 0.1) is 11.3 Å². The molecule has 1 heterocycles. The minimum atomic E-state index is -0.396. The molecule has 4 nitrogen and oxygen atoms in total. The molecule has 0 aromatic heterocycles. The predicted octanol–water partition coefficient (Wildman–Crippen LogP) is 4.24. The SMILES string of the molecule is CCc1ccc(C2C(C(=O)OC)=C(C)N=C3CC(C)(C)CC(=O)C32)cc1. The van der Waals surface area contributed by atoms with Crippen LogP contribution >= 0.6 is 0 Å². The van der Waals surface area contributed by atoms with Crippen LogP contribution in [0.1, 0.15) is 57.6 Å². The number of aliphatic imine (C=N–C) groups is 1. The van der Waals surface area contributed by atoms with E-state index in [0.717, 1.165) is 24.1 Å². The summed E-state index contributed by atoms with van der Waals surface area (Å²) in [7, 11) is 1.38. The molecule has 0 N–H and O–H groups in total. The van der Waals surface area contributed by atoms with E-state index in [4.69, 9.17) is 4.74 Å². The van der Waals surface area contributed by atoms with Crippen LogP contribution in [0.15, 0.2) is 40.5 Å². The molecule has 2 atom stereocenters. The van der Waals surface area contributed by atoms with Crippen molar-refractivity contribution in [3.05, 3.63) is 46.7 Å². The van der Waals surface area contributed by atoms with Gasteiger partial charge in [0.05, 0.1) is 18.6 Å². The quantitative estimate of drug-likeness (QED) is 0.764. The van der Waals surface area contributed by atoms with E-state index in [0.29, 0.717) is 17.7 Å². The van der Waals surface area contributed by atoms with Gasteiger partial charge < -0.3 is 4.74 Å². The highest BCUT2D eigenvalue weighted by Crippen LogP contribution is 2.46. The number of nitrogens with zero attached hydrogens (tertiary/aromatic N) is 1. The molecule has 0 amide bonds. The second-order valence-corrected chi connectivity index (χ2v) is 8.13. The Kier molecular flexibility index (Phi) is 4.87. The summed E-state index contributed by atoms with van der Waals surface area (Å²) in [4.78, 5) is 30.3. The minimum Gasteiger partial charge on any atom is -0.466 e. The average Bonchev–Trinajstić information content (AvgIpc) is 2.59. The maximum absolute atomic E-state index is 13.1. The normalized spacial score (nSPS) is 24.8. The van der Waals surface area contributed by atoms with Crippen molar-refractivity contribution in [3.63, 3.8) is 0 Å². The molecule has 1 aromatic carbocycles. The Hall–Kier alpha value is -2.23. The van der Waals surface area contributed by atoms with Crippen molar-refractivity contribution in [2.45, 2.75) is 52.9 Å². The molecule has 138 valence electrons. The lowest BCUT2D eigenvalue weighted by molar-refractivity contribution is -0.136. The Bertz CT molecular complexity index is 799. The van der Waals surface area contributed by atoms with Gasteiger partial charge in [-0.25, -0.2) is 4.79 Å². The predicted molar refractivity (Wildman–Crippen MR) is 102 cm³/mol. The summed E-state index contributed by atoms with van der Waals surface area (Å²) >= 11 is 0. The van der Waals surface area contributed by atoms with Crippen LogP contribution in [0.3, 0.4) is 0 Å².